The predicted octanol–water partition coefficient (Wildman–Crippen LogP) is 2.31. The van der Waals surface area contributed by atoms with Crippen molar-refractivity contribution in [3.63, 3.8) is 0 Å². The van der Waals surface area contributed by atoms with Crippen molar-refractivity contribution in [2.24, 2.45) is 10.9 Å². The van der Waals surface area contributed by atoms with E-state index in [0.717, 1.165) is 50.6 Å². The molecule has 1 heterocycles. The first kappa shape index (κ1) is 19.1. The van der Waals surface area contributed by atoms with E-state index in [0.29, 0.717) is 13.2 Å². The van der Waals surface area contributed by atoms with Crippen LogP contribution in [-0.2, 0) is 9.53 Å². The Balaban J connectivity index is 1.75. The number of piperidine rings is 1. The number of carbonyl (C=O) groups is 1. The van der Waals surface area contributed by atoms with E-state index in [9.17, 15) is 4.79 Å². The fourth-order valence-corrected chi connectivity index (χ4v) is 2.88. The van der Waals surface area contributed by atoms with E-state index >= 15 is 0 Å². The summed E-state index contributed by atoms with van der Waals surface area (Å²) in [5.41, 5.74) is 0. The van der Waals surface area contributed by atoms with Gasteiger partial charge in [-0.15, -0.1) is 0 Å². The van der Waals surface area contributed by atoms with E-state index in [1.165, 1.54) is 7.11 Å². The summed E-state index contributed by atoms with van der Waals surface area (Å²) in [6, 6.07) is 9.82. The van der Waals surface area contributed by atoms with E-state index in [2.05, 4.69) is 17.1 Å². The van der Waals surface area contributed by atoms with E-state index < -0.39 is 0 Å². The molecule has 0 saturated carbocycles. The number of methoxy groups -OCH3 is 1. The van der Waals surface area contributed by atoms with Crippen LogP contribution in [0.15, 0.2) is 35.3 Å². The van der Waals surface area contributed by atoms with E-state index in [-0.39, 0.29) is 11.9 Å². The lowest BCUT2D eigenvalue weighted by Crippen LogP contribution is -2.46. The van der Waals surface area contributed by atoms with Gasteiger partial charge in [0, 0.05) is 32.6 Å². The first-order chi connectivity index (χ1) is 12.2. The lowest BCUT2D eigenvalue weighted by Gasteiger charge is -2.33. The summed E-state index contributed by atoms with van der Waals surface area (Å²) in [6.45, 7) is 5.91. The number of guanidine groups is 1. The molecule has 1 fully saturated rings. The van der Waals surface area contributed by atoms with Gasteiger partial charge in [0.1, 0.15) is 5.75 Å². The Morgan fingerprint density at radius 2 is 2.00 bits per heavy atom. The standard InChI is InChI=1S/C19H29N3O3/c1-3-20-19(22-13-10-16(11-14-22)18(23)24-2)21-12-7-15-25-17-8-5-4-6-9-17/h4-6,8-9,16H,3,7,10-15H2,1-2H3,(H,20,21). The molecule has 0 radical (unpaired) electrons. The number of nitrogens with one attached hydrogen (secondary N) is 1. The molecule has 6 heteroatoms. The van der Waals surface area contributed by atoms with Gasteiger partial charge >= 0.3 is 5.97 Å². The first-order valence-electron chi connectivity index (χ1n) is 9.03. The van der Waals surface area contributed by atoms with Crippen molar-refractivity contribution in [3.05, 3.63) is 30.3 Å². The molecule has 0 spiro atoms. The molecule has 1 aromatic carbocycles. The summed E-state index contributed by atoms with van der Waals surface area (Å²) in [5, 5.41) is 3.34. The molecular weight excluding hydrogens is 318 g/mol. The van der Waals surface area contributed by atoms with Crippen LogP contribution in [0.2, 0.25) is 0 Å². The van der Waals surface area contributed by atoms with Gasteiger partial charge in [0.2, 0.25) is 0 Å². The van der Waals surface area contributed by atoms with Gasteiger partial charge in [0.05, 0.1) is 19.6 Å². The molecule has 1 aliphatic heterocycles. The third kappa shape index (κ3) is 6.29. The minimum Gasteiger partial charge on any atom is -0.494 e. The van der Waals surface area contributed by atoms with Crippen LogP contribution in [0.25, 0.3) is 0 Å². The Morgan fingerprint density at radius 1 is 1.28 bits per heavy atom. The SMILES string of the molecule is CCNC(=NCCCOc1ccccc1)N1CCC(C(=O)OC)CC1. The van der Waals surface area contributed by atoms with Gasteiger partial charge in [0.25, 0.3) is 0 Å². The van der Waals surface area contributed by atoms with Crippen LogP contribution >= 0.6 is 0 Å². The minimum absolute atomic E-state index is 0.0170. The molecule has 0 atom stereocenters. The molecule has 1 aliphatic rings. The van der Waals surface area contributed by atoms with Gasteiger partial charge in [-0.05, 0) is 31.9 Å². The normalized spacial score (nSPS) is 15.8. The highest BCUT2D eigenvalue weighted by Gasteiger charge is 2.26. The summed E-state index contributed by atoms with van der Waals surface area (Å²) < 4.78 is 10.5. The van der Waals surface area contributed by atoms with Crippen molar-refractivity contribution in [2.45, 2.75) is 26.2 Å². The van der Waals surface area contributed by atoms with Crippen molar-refractivity contribution in [2.75, 3.05) is 39.9 Å². The summed E-state index contributed by atoms with van der Waals surface area (Å²) in [6.07, 6.45) is 2.49. The number of hydrogen-bond donors (Lipinski definition) is 1. The zero-order chi connectivity index (χ0) is 17.9. The maximum Gasteiger partial charge on any atom is 0.308 e. The third-order valence-electron chi connectivity index (χ3n) is 4.24. The number of esters is 1. The molecule has 1 saturated heterocycles. The number of likely N-dealkylation sites (tertiary alicyclic amines) is 1. The van der Waals surface area contributed by atoms with E-state index in [1.54, 1.807) is 0 Å². The number of carbonyl (C=O) groups excluding carboxylic acids is 1. The average molecular weight is 347 g/mol. The molecule has 1 aromatic rings. The van der Waals surface area contributed by atoms with Crippen molar-refractivity contribution in [1.29, 1.82) is 0 Å². The highest BCUT2D eigenvalue weighted by Crippen LogP contribution is 2.18. The highest BCUT2D eigenvalue weighted by molar-refractivity contribution is 5.80. The van der Waals surface area contributed by atoms with Gasteiger partial charge in [-0.2, -0.15) is 0 Å². The zero-order valence-electron chi connectivity index (χ0n) is 15.2. The van der Waals surface area contributed by atoms with Crippen LogP contribution in [0, 0.1) is 5.92 Å². The van der Waals surface area contributed by atoms with Crippen molar-refractivity contribution in [1.82, 2.24) is 10.2 Å². The molecular formula is C19H29N3O3. The molecule has 6 nitrogen and oxygen atoms in total. The maximum absolute atomic E-state index is 11.6. The van der Waals surface area contributed by atoms with Gasteiger partial charge in [-0.25, -0.2) is 0 Å². The van der Waals surface area contributed by atoms with Crippen molar-refractivity contribution >= 4 is 11.9 Å². The Hall–Kier alpha value is -2.24. The molecule has 2 rings (SSSR count). The number of nitrogens with zero attached hydrogens (tertiary/aromatic N) is 2. The highest BCUT2D eigenvalue weighted by atomic mass is 16.5. The monoisotopic (exact) mass is 347 g/mol. The second kappa shape index (κ2) is 10.6. The topological polar surface area (TPSA) is 63.2 Å². The summed E-state index contributed by atoms with van der Waals surface area (Å²) in [4.78, 5) is 18.5. The maximum atomic E-state index is 11.6. The largest absolute Gasteiger partial charge is 0.494 e. The Bertz CT molecular complexity index is 540. The summed E-state index contributed by atoms with van der Waals surface area (Å²) in [7, 11) is 1.46. The third-order valence-corrected chi connectivity index (χ3v) is 4.24. The second-order valence-electron chi connectivity index (χ2n) is 6.04. The van der Waals surface area contributed by atoms with Crippen LogP contribution in [0.5, 0.6) is 5.75 Å². The molecule has 1 N–H and O–H groups in total. The number of aliphatic imine (C=N–C) groups is 1. The fraction of sp³-hybridized carbons (Fsp3) is 0.579. The van der Waals surface area contributed by atoms with Crippen LogP contribution in [0.3, 0.4) is 0 Å². The van der Waals surface area contributed by atoms with Gasteiger partial charge in [-0.1, -0.05) is 18.2 Å². The van der Waals surface area contributed by atoms with Crippen LogP contribution < -0.4 is 10.1 Å². The van der Waals surface area contributed by atoms with Crippen LogP contribution in [-0.4, -0.2) is 56.7 Å². The lowest BCUT2D eigenvalue weighted by atomic mass is 9.97. The van der Waals surface area contributed by atoms with Gasteiger partial charge in [-0.3, -0.25) is 9.79 Å². The smallest absolute Gasteiger partial charge is 0.308 e. The van der Waals surface area contributed by atoms with Gasteiger partial charge < -0.3 is 19.7 Å². The average Bonchev–Trinajstić information content (AvgIpc) is 2.67. The molecule has 138 valence electrons. The lowest BCUT2D eigenvalue weighted by molar-refractivity contribution is -0.146. The zero-order valence-corrected chi connectivity index (χ0v) is 15.2. The Labute approximate surface area is 150 Å². The molecule has 0 amide bonds. The molecule has 0 aliphatic carbocycles. The molecule has 0 aromatic heterocycles. The summed E-state index contributed by atoms with van der Waals surface area (Å²) in [5.74, 6) is 1.73. The molecule has 25 heavy (non-hydrogen) atoms. The number of benzene rings is 1. The first-order valence-corrected chi connectivity index (χ1v) is 9.03. The van der Waals surface area contributed by atoms with E-state index in [4.69, 9.17) is 14.5 Å². The molecule has 0 unspecified atom stereocenters. The number of para-hydroxylation sites is 1. The Kier molecular flexibility index (Phi) is 8.09. The molecule has 0 bridgehead atoms. The van der Waals surface area contributed by atoms with Crippen LogP contribution in [0.4, 0.5) is 0 Å². The quantitative estimate of drug-likeness (QED) is 0.355. The number of hydrogen-bond acceptors (Lipinski definition) is 4. The number of ether oxygens (including phenoxy) is 2. The Morgan fingerprint density at radius 3 is 2.64 bits per heavy atom. The van der Waals surface area contributed by atoms with Crippen molar-refractivity contribution in [3.8, 4) is 5.75 Å². The van der Waals surface area contributed by atoms with E-state index in [1.807, 2.05) is 30.3 Å². The van der Waals surface area contributed by atoms with Crippen LogP contribution in [0.1, 0.15) is 26.2 Å². The fourth-order valence-electron chi connectivity index (χ4n) is 2.88. The number of rotatable bonds is 7. The van der Waals surface area contributed by atoms with Gasteiger partial charge in [0.15, 0.2) is 5.96 Å². The predicted molar refractivity (Wildman–Crippen MR) is 98.8 cm³/mol. The summed E-state index contributed by atoms with van der Waals surface area (Å²) >= 11 is 0. The van der Waals surface area contributed by atoms with Crippen molar-refractivity contribution < 1.29 is 14.3 Å². The second-order valence-corrected chi connectivity index (χ2v) is 6.04. The minimum atomic E-state index is -0.0975.